The largest absolute Gasteiger partial charge is 0.305 e. The number of aromatic nitrogens is 2. The van der Waals surface area contributed by atoms with Crippen molar-refractivity contribution in [3.63, 3.8) is 0 Å². The van der Waals surface area contributed by atoms with Gasteiger partial charge in [-0.1, -0.05) is 129 Å². The van der Waals surface area contributed by atoms with E-state index in [1.54, 1.807) is 0 Å². The summed E-state index contributed by atoms with van der Waals surface area (Å²) in [6, 6.07) is 53.2. The second kappa shape index (κ2) is 16.4. The van der Waals surface area contributed by atoms with Crippen LogP contribution in [0.5, 0.6) is 0 Å². The Labute approximate surface area is 327 Å². The summed E-state index contributed by atoms with van der Waals surface area (Å²) in [6.45, 7) is 11.7. The van der Waals surface area contributed by atoms with Gasteiger partial charge in [-0.3, -0.25) is 0 Å². The van der Waals surface area contributed by atoms with Crippen LogP contribution in [0.25, 0.3) is 64.9 Å². The molecule has 0 N–H and O–H groups in total. The Morgan fingerprint density at radius 1 is 0.635 bits per heavy atom. The molecule has 261 valence electrons. The van der Waals surface area contributed by atoms with E-state index in [-0.39, 0.29) is 20.1 Å². The zero-order chi connectivity index (χ0) is 35.4. The molecule has 0 amide bonds. The van der Waals surface area contributed by atoms with E-state index in [0.29, 0.717) is 5.92 Å². The molecule has 0 unspecified atom stereocenters. The second-order valence-corrected chi connectivity index (χ2v) is 20.5. The van der Waals surface area contributed by atoms with Crippen molar-refractivity contribution in [3.8, 4) is 44.8 Å². The second-order valence-electron chi connectivity index (χ2n) is 14.4. The van der Waals surface area contributed by atoms with E-state index in [1.165, 1.54) is 53.2 Å². The number of benzene rings is 5. The third-order valence-electron chi connectivity index (χ3n) is 9.07. The van der Waals surface area contributed by atoms with Gasteiger partial charge in [0.25, 0.3) is 0 Å². The molecular formula is C47H42IrN2SSi-2. The van der Waals surface area contributed by atoms with Crippen molar-refractivity contribution in [3.05, 3.63) is 164 Å². The minimum absolute atomic E-state index is 0. The monoisotopic (exact) mass is 887 g/mol. The van der Waals surface area contributed by atoms with Crippen molar-refractivity contribution in [2.24, 2.45) is 5.92 Å². The van der Waals surface area contributed by atoms with Crippen molar-refractivity contribution in [2.75, 3.05) is 0 Å². The molecular weight excluding hydrogens is 845 g/mol. The minimum atomic E-state index is -1.34. The van der Waals surface area contributed by atoms with Crippen LogP contribution in [0.2, 0.25) is 19.6 Å². The van der Waals surface area contributed by atoms with Crippen LogP contribution in [0.1, 0.15) is 19.4 Å². The van der Waals surface area contributed by atoms with E-state index in [1.807, 2.05) is 47.9 Å². The van der Waals surface area contributed by atoms with E-state index in [0.717, 1.165) is 28.9 Å². The number of rotatable bonds is 7. The van der Waals surface area contributed by atoms with Crippen LogP contribution < -0.4 is 5.19 Å². The van der Waals surface area contributed by atoms with Crippen LogP contribution in [0, 0.1) is 18.1 Å². The van der Waals surface area contributed by atoms with Gasteiger partial charge in [-0.2, -0.15) is 11.3 Å². The summed E-state index contributed by atoms with van der Waals surface area (Å²) < 4.78 is 2.52. The fraction of sp³-hybridized carbons (Fsp3) is 0.149. The van der Waals surface area contributed by atoms with E-state index < -0.39 is 8.07 Å². The van der Waals surface area contributed by atoms with E-state index in [4.69, 9.17) is 4.98 Å². The number of fused-ring (bicyclic) bond motifs is 3. The summed E-state index contributed by atoms with van der Waals surface area (Å²) in [5.41, 5.74) is 10.5. The maximum absolute atomic E-state index is 4.70. The Morgan fingerprint density at radius 2 is 1.33 bits per heavy atom. The molecule has 8 aromatic rings. The van der Waals surface area contributed by atoms with Gasteiger partial charge in [-0.15, -0.1) is 59.7 Å². The Balaban J connectivity index is 0.000000193. The molecule has 0 saturated carbocycles. The number of thiophene rings is 1. The molecule has 0 aliphatic heterocycles. The molecule has 3 aromatic heterocycles. The average Bonchev–Trinajstić information content (AvgIpc) is 3.54. The Kier molecular flexibility index (Phi) is 11.8. The summed E-state index contributed by atoms with van der Waals surface area (Å²) in [5.74, 6) is 0.667. The van der Waals surface area contributed by atoms with Crippen molar-refractivity contribution in [2.45, 2.75) is 39.9 Å². The van der Waals surface area contributed by atoms with Gasteiger partial charge < -0.3 is 9.97 Å². The molecule has 0 atom stereocenters. The van der Waals surface area contributed by atoms with Gasteiger partial charge in [0.1, 0.15) is 0 Å². The molecule has 0 spiro atoms. The van der Waals surface area contributed by atoms with Crippen molar-refractivity contribution in [1.82, 2.24) is 9.97 Å². The molecule has 0 aliphatic rings. The van der Waals surface area contributed by atoms with Gasteiger partial charge >= 0.3 is 0 Å². The van der Waals surface area contributed by atoms with Gasteiger partial charge in [0.05, 0.1) is 8.07 Å². The standard InChI is InChI=1S/C29H18NS.C18H24NSi.Ir/c1-3-8-20(9-4-1)22-14-15-24-25-12-7-13-26(29(25)31-28(24)19-22)27-18-23(16-17-30-27)21-10-5-2-6-11-21;1-14(2)11-16-12-17(15-9-7-6-8-10-15)19-13-18(16)20(3,4)5;/h1-12,14-19H;6-9,12-14H,11H2,1-5H3;/q2*-1;. The Hall–Kier alpha value is -4.51. The fourth-order valence-electron chi connectivity index (χ4n) is 6.60. The van der Waals surface area contributed by atoms with Crippen LogP contribution in [0.15, 0.2) is 146 Å². The molecule has 0 saturated heterocycles. The first kappa shape index (κ1) is 37.2. The third kappa shape index (κ3) is 8.41. The summed E-state index contributed by atoms with van der Waals surface area (Å²) in [4.78, 5) is 9.38. The fourth-order valence-corrected chi connectivity index (χ4v) is 9.44. The topological polar surface area (TPSA) is 25.8 Å². The number of nitrogens with zero attached hydrogens (tertiary/aromatic N) is 2. The molecule has 0 aliphatic carbocycles. The summed E-state index contributed by atoms with van der Waals surface area (Å²) in [5, 5.41) is 4.04. The average molecular weight is 887 g/mol. The van der Waals surface area contributed by atoms with Crippen LogP contribution in [-0.4, -0.2) is 18.0 Å². The van der Waals surface area contributed by atoms with E-state index in [9.17, 15) is 0 Å². The van der Waals surface area contributed by atoms with Gasteiger partial charge in [0.15, 0.2) is 0 Å². The minimum Gasteiger partial charge on any atom is -0.305 e. The van der Waals surface area contributed by atoms with Gasteiger partial charge in [-0.25, -0.2) is 0 Å². The summed E-state index contributed by atoms with van der Waals surface area (Å²) >= 11 is 1.82. The Bertz CT molecular complexity index is 2400. The number of hydrogen-bond acceptors (Lipinski definition) is 3. The van der Waals surface area contributed by atoms with Crippen LogP contribution in [0.4, 0.5) is 0 Å². The SMILES string of the molecule is CC(C)Cc1cc(-c2[c-]cccc2)ncc1[Si](C)(C)C.[Ir].[c-]1ccc2c(sc3cc(-c4ccccc4)ccc32)c1-c1cc(-c2ccccc2)ccn1. The Morgan fingerprint density at radius 3 is 1.98 bits per heavy atom. The van der Waals surface area contributed by atoms with Crippen molar-refractivity contribution < 1.29 is 20.1 Å². The smallest absolute Gasteiger partial charge is 0.0798 e. The van der Waals surface area contributed by atoms with Crippen LogP contribution >= 0.6 is 11.3 Å². The molecule has 3 heterocycles. The molecule has 52 heavy (non-hydrogen) atoms. The maximum atomic E-state index is 4.70. The number of pyridine rings is 2. The van der Waals surface area contributed by atoms with Crippen molar-refractivity contribution >= 4 is 44.8 Å². The first-order valence-corrected chi connectivity index (χ1v) is 22.0. The molecule has 2 nitrogen and oxygen atoms in total. The maximum Gasteiger partial charge on any atom is 0.0798 e. The quantitative estimate of drug-likeness (QED) is 0.118. The van der Waals surface area contributed by atoms with E-state index in [2.05, 4.69) is 160 Å². The van der Waals surface area contributed by atoms with Crippen molar-refractivity contribution in [1.29, 1.82) is 0 Å². The van der Waals surface area contributed by atoms with Gasteiger partial charge in [-0.05, 0) is 73.4 Å². The zero-order valence-corrected chi connectivity index (χ0v) is 34.5. The third-order valence-corrected chi connectivity index (χ3v) is 12.3. The summed E-state index contributed by atoms with van der Waals surface area (Å²) in [6.07, 6.45) is 5.13. The first-order valence-electron chi connectivity index (χ1n) is 17.7. The zero-order valence-electron chi connectivity index (χ0n) is 30.3. The molecule has 0 bridgehead atoms. The predicted octanol–water partition coefficient (Wildman–Crippen LogP) is 12.5. The predicted molar refractivity (Wildman–Crippen MR) is 222 cm³/mol. The van der Waals surface area contributed by atoms with E-state index >= 15 is 0 Å². The van der Waals surface area contributed by atoms with Gasteiger partial charge in [0.2, 0.25) is 0 Å². The first-order chi connectivity index (χ1) is 24.7. The molecule has 8 rings (SSSR count). The number of hydrogen-bond donors (Lipinski definition) is 0. The molecule has 0 fully saturated rings. The normalized spacial score (nSPS) is 11.3. The van der Waals surface area contributed by atoms with Crippen LogP contribution in [-0.2, 0) is 26.5 Å². The molecule has 5 aromatic carbocycles. The summed E-state index contributed by atoms with van der Waals surface area (Å²) in [7, 11) is -1.34. The van der Waals surface area contributed by atoms with Crippen LogP contribution in [0.3, 0.4) is 0 Å². The van der Waals surface area contributed by atoms with Gasteiger partial charge in [0, 0.05) is 37.2 Å². The molecule has 5 heteroatoms. The molecule has 1 radical (unpaired) electrons.